The van der Waals surface area contributed by atoms with Crippen molar-refractivity contribution in [1.82, 2.24) is 4.90 Å². The van der Waals surface area contributed by atoms with E-state index >= 15 is 0 Å². The van der Waals surface area contributed by atoms with Gasteiger partial charge in [-0.05, 0) is 37.8 Å². The third-order valence-corrected chi connectivity index (χ3v) is 4.77. The molecule has 0 N–H and O–H groups in total. The minimum atomic E-state index is 0.0275. The average Bonchev–Trinajstić information content (AvgIpc) is 2.46. The molecule has 0 aliphatic rings. The lowest BCUT2D eigenvalue weighted by Gasteiger charge is -2.22. The van der Waals surface area contributed by atoms with E-state index in [-0.39, 0.29) is 11.2 Å². The van der Waals surface area contributed by atoms with Crippen LogP contribution in [0.2, 0.25) is 0 Å². The Morgan fingerprint density at radius 2 is 1.65 bits per heavy atom. The fourth-order valence-electron chi connectivity index (χ4n) is 2.08. The molecule has 1 aromatic carbocycles. The van der Waals surface area contributed by atoms with Gasteiger partial charge in [0.25, 0.3) is 0 Å². The van der Waals surface area contributed by atoms with Crippen molar-refractivity contribution in [3.63, 3.8) is 0 Å². The molecule has 3 heteroatoms. The van der Waals surface area contributed by atoms with Gasteiger partial charge in [0.2, 0.25) is 5.91 Å². The van der Waals surface area contributed by atoms with Crippen LogP contribution in [0, 0.1) is 0 Å². The third-order valence-electron chi connectivity index (χ3n) is 3.57. The first-order valence-electron chi connectivity index (χ1n) is 7.48. The van der Waals surface area contributed by atoms with E-state index in [0.717, 1.165) is 18.8 Å². The van der Waals surface area contributed by atoms with Gasteiger partial charge in [-0.15, -0.1) is 11.8 Å². The Bertz CT molecular complexity index is 410. The van der Waals surface area contributed by atoms with Gasteiger partial charge in [-0.3, -0.25) is 4.79 Å². The fourth-order valence-corrected chi connectivity index (χ4v) is 3.01. The van der Waals surface area contributed by atoms with Crippen molar-refractivity contribution >= 4 is 17.7 Å². The molecule has 112 valence electrons. The van der Waals surface area contributed by atoms with E-state index < -0.39 is 0 Å². The molecule has 0 radical (unpaired) electrons. The topological polar surface area (TPSA) is 20.3 Å². The smallest absolute Gasteiger partial charge is 0.235 e. The summed E-state index contributed by atoms with van der Waals surface area (Å²) in [6.45, 7) is 12.1. The summed E-state index contributed by atoms with van der Waals surface area (Å²) < 4.78 is 0. The SMILES string of the molecule is CCN(CC)C(=O)C(C)SCc1ccc(C(C)C)cc1. The van der Waals surface area contributed by atoms with Crippen LogP contribution in [0.15, 0.2) is 24.3 Å². The largest absolute Gasteiger partial charge is 0.342 e. The molecule has 1 amide bonds. The summed E-state index contributed by atoms with van der Waals surface area (Å²) in [4.78, 5) is 14.1. The molecule has 0 fully saturated rings. The van der Waals surface area contributed by atoms with Crippen LogP contribution in [0.5, 0.6) is 0 Å². The number of benzene rings is 1. The molecule has 1 unspecified atom stereocenters. The molecule has 0 saturated heterocycles. The van der Waals surface area contributed by atoms with Crippen LogP contribution >= 0.6 is 11.8 Å². The highest BCUT2D eigenvalue weighted by atomic mass is 32.2. The Labute approximate surface area is 127 Å². The highest BCUT2D eigenvalue weighted by Crippen LogP contribution is 2.21. The predicted molar refractivity (Wildman–Crippen MR) is 89.2 cm³/mol. The summed E-state index contributed by atoms with van der Waals surface area (Å²) in [5.74, 6) is 1.71. The number of carbonyl (C=O) groups excluding carboxylic acids is 1. The second-order valence-corrected chi connectivity index (χ2v) is 6.69. The lowest BCUT2D eigenvalue weighted by atomic mass is 10.0. The van der Waals surface area contributed by atoms with Gasteiger partial charge in [-0.25, -0.2) is 0 Å². The normalized spacial score (nSPS) is 12.5. The Balaban J connectivity index is 2.52. The Kier molecular flexibility index (Phi) is 7.14. The number of amides is 1. The molecule has 2 nitrogen and oxygen atoms in total. The summed E-state index contributed by atoms with van der Waals surface area (Å²) in [5.41, 5.74) is 2.66. The first-order chi connectivity index (χ1) is 9.49. The maximum Gasteiger partial charge on any atom is 0.235 e. The number of hydrogen-bond donors (Lipinski definition) is 0. The van der Waals surface area contributed by atoms with E-state index in [1.54, 1.807) is 11.8 Å². The summed E-state index contributed by atoms with van der Waals surface area (Å²) in [5, 5.41) is 0.0275. The van der Waals surface area contributed by atoms with Gasteiger partial charge >= 0.3 is 0 Å². The van der Waals surface area contributed by atoms with Crippen LogP contribution in [0.25, 0.3) is 0 Å². The zero-order valence-corrected chi connectivity index (χ0v) is 14.2. The van der Waals surface area contributed by atoms with Gasteiger partial charge in [-0.1, -0.05) is 38.1 Å². The molecule has 0 heterocycles. The Morgan fingerprint density at radius 3 is 2.10 bits per heavy atom. The second-order valence-electron chi connectivity index (χ2n) is 5.36. The molecule has 1 rings (SSSR count). The zero-order valence-electron chi connectivity index (χ0n) is 13.3. The van der Waals surface area contributed by atoms with Gasteiger partial charge in [0.05, 0.1) is 5.25 Å². The van der Waals surface area contributed by atoms with E-state index in [1.165, 1.54) is 11.1 Å². The van der Waals surface area contributed by atoms with Crippen LogP contribution in [0.1, 0.15) is 51.7 Å². The van der Waals surface area contributed by atoms with E-state index in [9.17, 15) is 4.79 Å². The van der Waals surface area contributed by atoms with Crippen molar-refractivity contribution in [2.24, 2.45) is 0 Å². The van der Waals surface area contributed by atoms with E-state index in [0.29, 0.717) is 5.92 Å². The number of hydrogen-bond acceptors (Lipinski definition) is 2. The zero-order chi connectivity index (χ0) is 15.1. The van der Waals surface area contributed by atoms with Crippen molar-refractivity contribution in [2.75, 3.05) is 13.1 Å². The van der Waals surface area contributed by atoms with Gasteiger partial charge < -0.3 is 4.90 Å². The van der Waals surface area contributed by atoms with Gasteiger partial charge in [0, 0.05) is 18.8 Å². The predicted octanol–water partition coefficient (Wildman–Crippen LogP) is 4.30. The molecule has 0 spiro atoms. The van der Waals surface area contributed by atoms with Crippen LogP contribution in [-0.2, 0) is 10.5 Å². The molecular weight excluding hydrogens is 266 g/mol. The average molecular weight is 293 g/mol. The number of nitrogens with zero attached hydrogens (tertiary/aromatic N) is 1. The molecule has 1 aromatic rings. The lowest BCUT2D eigenvalue weighted by Crippen LogP contribution is -2.36. The monoisotopic (exact) mass is 293 g/mol. The van der Waals surface area contributed by atoms with Crippen molar-refractivity contribution in [3.05, 3.63) is 35.4 Å². The standard InChI is InChI=1S/C17H27NOS/c1-6-18(7-2)17(19)14(5)20-12-15-8-10-16(11-9-15)13(3)4/h8-11,13-14H,6-7,12H2,1-5H3. The molecule has 0 aliphatic carbocycles. The van der Waals surface area contributed by atoms with Crippen molar-refractivity contribution < 1.29 is 4.79 Å². The van der Waals surface area contributed by atoms with Gasteiger partial charge in [0.1, 0.15) is 0 Å². The highest BCUT2D eigenvalue weighted by molar-refractivity contribution is 7.99. The second kappa shape index (κ2) is 8.35. The summed E-state index contributed by atoms with van der Waals surface area (Å²) in [6, 6.07) is 8.74. The summed E-state index contributed by atoms with van der Waals surface area (Å²) in [6.07, 6.45) is 0. The molecule has 0 aromatic heterocycles. The van der Waals surface area contributed by atoms with Crippen LogP contribution < -0.4 is 0 Å². The van der Waals surface area contributed by atoms with Gasteiger partial charge in [-0.2, -0.15) is 0 Å². The maximum atomic E-state index is 12.2. The number of thioether (sulfide) groups is 1. The highest BCUT2D eigenvalue weighted by Gasteiger charge is 2.18. The molecule has 0 aliphatic heterocycles. The van der Waals surface area contributed by atoms with Gasteiger partial charge in [0.15, 0.2) is 0 Å². The minimum absolute atomic E-state index is 0.0275. The molecule has 1 atom stereocenters. The lowest BCUT2D eigenvalue weighted by molar-refractivity contribution is -0.129. The summed E-state index contributed by atoms with van der Waals surface area (Å²) in [7, 11) is 0. The third kappa shape index (κ3) is 4.86. The van der Waals surface area contributed by atoms with Crippen LogP contribution in [0.4, 0.5) is 0 Å². The molecule has 0 bridgehead atoms. The minimum Gasteiger partial charge on any atom is -0.342 e. The van der Waals surface area contributed by atoms with E-state index in [1.807, 2.05) is 25.7 Å². The number of carbonyl (C=O) groups is 1. The van der Waals surface area contributed by atoms with E-state index in [2.05, 4.69) is 38.1 Å². The quantitative estimate of drug-likeness (QED) is 0.747. The van der Waals surface area contributed by atoms with Crippen molar-refractivity contribution in [2.45, 2.75) is 51.5 Å². The van der Waals surface area contributed by atoms with E-state index in [4.69, 9.17) is 0 Å². The van der Waals surface area contributed by atoms with Crippen molar-refractivity contribution in [1.29, 1.82) is 0 Å². The maximum absolute atomic E-state index is 12.2. The Hall–Kier alpha value is -0.960. The first kappa shape index (κ1) is 17.1. The fraction of sp³-hybridized carbons (Fsp3) is 0.588. The molecular formula is C17H27NOS. The molecule has 0 saturated carbocycles. The Morgan fingerprint density at radius 1 is 1.10 bits per heavy atom. The number of rotatable bonds is 7. The summed E-state index contributed by atoms with van der Waals surface area (Å²) >= 11 is 1.72. The molecule has 20 heavy (non-hydrogen) atoms. The first-order valence-corrected chi connectivity index (χ1v) is 8.53. The van der Waals surface area contributed by atoms with Crippen LogP contribution in [0.3, 0.4) is 0 Å². The van der Waals surface area contributed by atoms with Crippen LogP contribution in [-0.4, -0.2) is 29.1 Å². The van der Waals surface area contributed by atoms with Crippen molar-refractivity contribution in [3.8, 4) is 0 Å².